The minimum absolute atomic E-state index is 0.0949. The fourth-order valence-corrected chi connectivity index (χ4v) is 4.25. The van der Waals surface area contributed by atoms with Crippen LogP contribution in [-0.4, -0.2) is 24.5 Å². The van der Waals surface area contributed by atoms with Gasteiger partial charge in [0.05, 0.1) is 23.2 Å². The lowest BCUT2D eigenvalue weighted by molar-refractivity contribution is 0.553. The molecular weight excluding hydrogens is 411 g/mol. The number of halogens is 2. The fourth-order valence-electron chi connectivity index (χ4n) is 3.17. The summed E-state index contributed by atoms with van der Waals surface area (Å²) in [5.41, 5.74) is 2.53. The molecule has 0 aliphatic heterocycles. The number of hydrogen-bond acceptors (Lipinski definition) is 5. The maximum absolute atomic E-state index is 14.0. The second kappa shape index (κ2) is 7.96. The van der Waals surface area contributed by atoms with Crippen molar-refractivity contribution in [2.45, 2.75) is 33.4 Å². The normalized spacial score (nSPS) is 12.3. The van der Waals surface area contributed by atoms with Gasteiger partial charge < -0.3 is 5.32 Å². The molecule has 3 heterocycles. The van der Waals surface area contributed by atoms with Crippen molar-refractivity contribution in [3.63, 3.8) is 0 Å². The predicted octanol–water partition coefficient (Wildman–Crippen LogP) is 5.35. The van der Waals surface area contributed by atoms with Gasteiger partial charge in [-0.25, -0.2) is 9.37 Å². The molecule has 0 fully saturated rings. The van der Waals surface area contributed by atoms with E-state index in [-0.39, 0.29) is 18.4 Å². The summed E-state index contributed by atoms with van der Waals surface area (Å²) in [6, 6.07) is 8.63. The third-order valence-corrected chi connectivity index (χ3v) is 6.04. The molecule has 4 rings (SSSR count). The molecule has 0 spiro atoms. The van der Waals surface area contributed by atoms with Gasteiger partial charge in [-0.1, -0.05) is 29.0 Å². The first-order valence-electron chi connectivity index (χ1n) is 9.12. The van der Waals surface area contributed by atoms with Crippen LogP contribution in [0.4, 0.5) is 15.3 Å². The minimum Gasteiger partial charge on any atom is -0.315 e. The molecule has 1 unspecified atom stereocenters. The lowest BCUT2D eigenvalue weighted by atomic mass is 10.2. The summed E-state index contributed by atoms with van der Waals surface area (Å²) in [5.74, 6) is 0.294. The SMILES string of the molecule is Cc1cc(C)n(C(C)c2cnc(Nc3ccn(Cc4c(F)cccc4Cl)n3)s2)n1. The molecule has 0 aliphatic rings. The van der Waals surface area contributed by atoms with Crippen molar-refractivity contribution in [2.24, 2.45) is 0 Å². The smallest absolute Gasteiger partial charge is 0.188 e. The van der Waals surface area contributed by atoms with Gasteiger partial charge >= 0.3 is 0 Å². The van der Waals surface area contributed by atoms with E-state index in [1.54, 1.807) is 34.3 Å². The molecule has 9 heteroatoms. The Morgan fingerprint density at radius 1 is 1.24 bits per heavy atom. The lowest BCUT2D eigenvalue weighted by Crippen LogP contribution is -2.08. The number of thiazole rings is 1. The molecule has 0 radical (unpaired) electrons. The topological polar surface area (TPSA) is 60.6 Å². The van der Waals surface area contributed by atoms with Gasteiger partial charge in [-0.05, 0) is 39.0 Å². The van der Waals surface area contributed by atoms with Crippen LogP contribution < -0.4 is 5.32 Å². The number of aromatic nitrogens is 5. The van der Waals surface area contributed by atoms with Crippen LogP contribution in [0.25, 0.3) is 0 Å². The number of anilines is 2. The fraction of sp³-hybridized carbons (Fsp3) is 0.250. The Morgan fingerprint density at radius 2 is 2.07 bits per heavy atom. The molecule has 0 saturated heterocycles. The Balaban J connectivity index is 1.46. The molecule has 1 N–H and O–H groups in total. The molecule has 3 aromatic heterocycles. The Hall–Kier alpha value is -2.71. The zero-order chi connectivity index (χ0) is 20.5. The van der Waals surface area contributed by atoms with Gasteiger partial charge in [0.2, 0.25) is 0 Å². The Bertz CT molecular complexity index is 1130. The number of aryl methyl sites for hydroxylation is 2. The van der Waals surface area contributed by atoms with E-state index in [0.29, 0.717) is 16.4 Å². The van der Waals surface area contributed by atoms with Gasteiger partial charge in [0.1, 0.15) is 5.82 Å². The van der Waals surface area contributed by atoms with Gasteiger partial charge in [-0.15, -0.1) is 0 Å². The molecule has 0 bridgehead atoms. The van der Waals surface area contributed by atoms with Gasteiger partial charge in [-0.3, -0.25) is 9.36 Å². The van der Waals surface area contributed by atoms with Crippen molar-refractivity contribution in [3.8, 4) is 0 Å². The van der Waals surface area contributed by atoms with Crippen LogP contribution >= 0.6 is 22.9 Å². The molecular formula is C20H20ClFN6S. The number of rotatable bonds is 6. The quantitative estimate of drug-likeness (QED) is 0.448. The molecule has 1 atom stereocenters. The number of nitrogens with zero attached hydrogens (tertiary/aromatic N) is 5. The minimum atomic E-state index is -0.342. The zero-order valence-corrected chi connectivity index (χ0v) is 17.8. The number of hydrogen-bond donors (Lipinski definition) is 1. The van der Waals surface area contributed by atoms with Crippen molar-refractivity contribution in [1.82, 2.24) is 24.5 Å². The molecule has 4 aromatic rings. The molecule has 6 nitrogen and oxygen atoms in total. The summed E-state index contributed by atoms with van der Waals surface area (Å²) < 4.78 is 17.6. The number of benzene rings is 1. The first kappa shape index (κ1) is 19.6. The summed E-state index contributed by atoms with van der Waals surface area (Å²) in [4.78, 5) is 5.55. The first-order chi connectivity index (χ1) is 13.9. The second-order valence-electron chi connectivity index (χ2n) is 6.84. The Labute approximate surface area is 177 Å². The van der Waals surface area contributed by atoms with E-state index < -0.39 is 0 Å². The molecule has 1 aromatic carbocycles. The summed E-state index contributed by atoms with van der Waals surface area (Å²) in [7, 11) is 0. The first-order valence-corrected chi connectivity index (χ1v) is 10.3. The maximum Gasteiger partial charge on any atom is 0.188 e. The average molecular weight is 431 g/mol. The average Bonchev–Trinajstić information content (AvgIpc) is 3.39. The molecule has 29 heavy (non-hydrogen) atoms. The van der Waals surface area contributed by atoms with Crippen LogP contribution in [0, 0.1) is 19.7 Å². The van der Waals surface area contributed by atoms with E-state index in [2.05, 4.69) is 33.5 Å². The number of nitrogens with one attached hydrogen (secondary N) is 1. The summed E-state index contributed by atoms with van der Waals surface area (Å²) in [5, 5.41) is 13.3. The van der Waals surface area contributed by atoms with Crippen LogP contribution in [0.1, 0.15) is 34.8 Å². The Morgan fingerprint density at radius 3 is 2.79 bits per heavy atom. The highest BCUT2D eigenvalue weighted by Gasteiger charge is 2.16. The van der Waals surface area contributed by atoms with Crippen LogP contribution in [-0.2, 0) is 6.54 Å². The second-order valence-corrected chi connectivity index (χ2v) is 8.31. The van der Waals surface area contributed by atoms with E-state index >= 15 is 0 Å². The standard InChI is InChI=1S/C20H20ClFN6S/c1-12-9-13(2)28(25-12)14(3)18-10-23-20(29-18)24-19-7-8-27(26-19)11-15-16(21)5-4-6-17(15)22/h4-10,14H,11H2,1-3H3,(H,23,24,26). The van der Waals surface area contributed by atoms with Crippen molar-refractivity contribution in [1.29, 1.82) is 0 Å². The van der Waals surface area contributed by atoms with E-state index in [0.717, 1.165) is 21.4 Å². The van der Waals surface area contributed by atoms with Crippen molar-refractivity contribution in [3.05, 3.63) is 75.4 Å². The van der Waals surface area contributed by atoms with Crippen molar-refractivity contribution in [2.75, 3.05) is 5.32 Å². The third-order valence-electron chi connectivity index (χ3n) is 4.60. The van der Waals surface area contributed by atoms with Gasteiger partial charge in [0, 0.05) is 34.7 Å². The monoisotopic (exact) mass is 430 g/mol. The highest BCUT2D eigenvalue weighted by molar-refractivity contribution is 7.15. The zero-order valence-electron chi connectivity index (χ0n) is 16.2. The van der Waals surface area contributed by atoms with E-state index in [1.807, 2.05) is 30.8 Å². The van der Waals surface area contributed by atoms with Crippen molar-refractivity contribution < 1.29 is 4.39 Å². The maximum atomic E-state index is 14.0. The summed E-state index contributed by atoms with van der Waals surface area (Å²) in [6.45, 7) is 6.39. The highest BCUT2D eigenvalue weighted by Crippen LogP contribution is 2.29. The molecule has 0 amide bonds. The van der Waals surface area contributed by atoms with Crippen molar-refractivity contribution >= 4 is 33.9 Å². The van der Waals surface area contributed by atoms with Crippen LogP contribution in [0.2, 0.25) is 5.02 Å². The summed E-state index contributed by atoms with van der Waals surface area (Å²) in [6.07, 6.45) is 3.63. The highest BCUT2D eigenvalue weighted by atomic mass is 35.5. The third kappa shape index (κ3) is 4.18. The molecule has 150 valence electrons. The van der Waals surface area contributed by atoms with Gasteiger partial charge in [0.15, 0.2) is 10.9 Å². The summed E-state index contributed by atoms with van der Waals surface area (Å²) >= 11 is 7.65. The molecule has 0 saturated carbocycles. The van der Waals surface area contributed by atoms with Gasteiger partial charge in [0.25, 0.3) is 0 Å². The lowest BCUT2D eigenvalue weighted by Gasteiger charge is -2.11. The predicted molar refractivity (Wildman–Crippen MR) is 114 cm³/mol. The van der Waals surface area contributed by atoms with Crippen LogP contribution in [0.3, 0.4) is 0 Å². The largest absolute Gasteiger partial charge is 0.315 e. The van der Waals surface area contributed by atoms with E-state index in [1.165, 1.54) is 6.07 Å². The molecule has 0 aliphatic carbocycles. The Kier molecular flexibility index (Phi) is 5.38. The van der Waals surface area contributed by atoms with Gasteiger partial charge in [-0.2, -0.15) is 10.2 Å². The van der Waals surface area contributed by atoms with Crippen LogP contribution in [0.5, 0.6) is 0 Å². The van der Waals surface area contributed by atoms with E-state index in [4.69, 9.17) is 11.6 Å². The van der Waals surface area contributed by atoms with Crippen LogP contribution in [0.15, 0.2) is 42.7 Å². The van der Waals surface area contributed by atoms with E-state index in [9.17, 15) is 4.39 Å².